The Hall–Kier alpha value is -4.06. The van der Waals surface area contributed by atoms with Gasteiger partial charge in [-0.05, 0) is 36.8 Å². The van der Waals surface area contributed by atoms with Gasteiger partial charge in [-0.1, -0.05) is 48.5 Å². The van der Waals surface area contributed by atoms with Gasteiger partial charge >= 0.3 is 5.97 Å². The van der Waals surface area contributed by atoms with Gasteiger partial charge in [0.1, 0.15) is 23.9 Å². The number of hydrogen-bond acceptors (Lipinski definition) is 6. The molecule has 3 aromatic rings. The van der Waals surface area contributed by atoms with E-state index in [1.165, 1.54) is 0 Å². The molecule has 0 N–H and O–H groups in total. The standard InChI is InChI=1S/C26H22O6/c1-2-29-22-11-7-6-10-19(22)14-24-26(28)21-13-12-20(15-23(21)32-24)30-17-25(27)31-16-18-8-4-3-5-9-18/h3-15H,2,16-17H2,1H3. The Labute approximate surface area is 186 Å². The van der Waals surface area contributed by atoms with Crippen molar-refractivity contribution in [2.45, 2.75) is 13.5 Å². The van der Waals surface area contributed by atoms with Crippen LogP contribution in [0.5, 0.6) is 17.2 Å². The minimum atomic E-state index is -0.487. The zero-order valence-corrected chi connectivity index (χ0v) is 17.6. The Morgan fingerprint density at radius 3 is 2.56 bits per heavy atom. The van der Waals surface area contributed by atoms with Crippen LogP contribution in [0.4, 0.5) is 0 Å². The van der Waals surface area contributed by atoms with Crippen LogP contribution in [0.3, 0.4) is 0 Å². The van der Waals surface area contributed by atoms with Crippen molar-refractivity contribution in [2.75, 3.05) is 13.2 Å². The maximum absolute atomic E-state index is 12.7. The molecule has 3 aromatic carbocycles. The van der Waals surface area contributed by atoms with E-state index >= 15 is 0 Å². The van der Waals surface area contributed by atoms with E-state index in [0.717, 1.165) is 11.1 Å². The Kier molecular flexibility index (Phi) is 6.51. The quantitative estimate of drug-likeness (QED) is 0.377. The largest absolute Gasteiger partial charge is 0.493 e. The first-order valence-electron chi connectivity index (χ1n) is 10.3. The third kappa shape index (κ3) is 4.98. The van der Waals surface area contributed by atoms with E-state index in [2.05, 4.69) is 0 Å². The first-order chi connectivity index (χ1) is 15.6. The molecule has 1 aliphatic rings. The molecule has 1 heterocycles. The van der Waals surface area contributed by atoms with Gasteiger partial charge in [0.15, 0.2) is 12.4 Å². The van der Waals surface area contributed by atoms with E-state index in [4.69, 9.17) is 18.9 Å². The van der Waals surface area contributed by atoms with Crippen LogP contribution in [0, 0.1) is 0 Å². The van der Waals surface area contributed by atoms with Crippen molar-refractivity contribution >= 4 is 17.8 Å². The summed E-state index contributed by atoms with van der Waals surface area (Å²) in [5.74, 6) is 0.952. The third-order valence-electron chi connectivity index (χ3n) is 4.75. The Balaban J connectivity index is 1.39. The van der Waals surface area contributed by atoms with Crippen molar-refractivity contribution < 1.29 is 28.5 Å². The van der Waals surface area contributed by atoms with Crippen LogP contribution in [0.2, 0.25) is 0 Å². The number of ether oxygens (including phenoxy) is 4. The van der Waals surface area contributed by atoms with Crippen molar-refractivity contribution in [2.24, 2.45) is 0 Å². The van der Waals surface area contributed by atoms with Gasteiger partial charge in [-0.25, -0.2) is 4.79 Å². The molecule has 0 fully saturated rings. The average Bonchev–Trinajstić information content (AvgIpc) is 3.13. The molecule has 0 saturated carbocycles. The molecule has 0 aliphatic carbocycles. The van der Waals surface area contributed by atoms with E-state index in [1.807, 2.05) is 61.5 Å². The second-order valence-electron chi connectivity index (χ2n) is 7.00. The van der Waals surface area contributed by atoms with Crippen LogP contribution in [0.1, 0.15) is 28.4 Å². The molecule has 0 amide bonds. The fraction of sp³-hybridized carbons (Fsp3) is 0.154. The van der Waals surface area contributed by atoms with Crippen molar-refractivity contribution in [1.82, 2.24) is 0 Å². The van der Waals surface area contributed by atoms with Gasteiger partial charge in [-0.3, -0.25) is 4.79 Å². The highest BCUT2D eigenvalue weighted by molar-refractivity contribution is 6.14. The molecule has 6 nitrogen and oxygen atoms in total. The average molecular weight is 430 g/mol. The summed E-state index contributed by atoms with van der Waals surface area (Å²) < 4.78 is 22.1. The van der Waals surface area contributed by atoms with Gasteiger partial charge in [0.05, 0.1) is 12.2 Å². The molecule has 162 valence electrons. The molecule has 0 aromatic heterocycles. The summed E-state index contributed by atoms with van der Waals surface area (Å²) in [5.41, 5.74) is 2.09. The molecule has 6 heteroatoms. The highest BCUT2D eigenvalue weighted by Gasteiger charge is 2.28. The van der Waals surface area contributed by atoms with Crippen LogP contribution >= 0.6 is 0 Å². The number of para-hydroxylation sites is 1. The summed E-state index contributed by atoms with van der Waals surface area (Å²) in [6.45, 7) is 2.35. The highest BCUT2D eigenvalue weighted by Crippen LogP contribution is 2.35. The first-order valence-corrected chi connectivity index (χ1v) is 10.3. The van der Waals surface area contributed by atoms with Crippen LogP contribution in [0.15, 0.2) is 78.6 Å². The number of rotatable bonds is 8. The predicted molar refractivity (Wildman–Crippen MR) is 119 cm³/mol. The van der Waals surface area contributed by atoms with Crippen LogP contribution in [0.25, 0.3) is 6.08 Å². The van der Waals surface area contributed by atoms with Crippen molar-refractivity contribution in [3.63, 3.8) is 0 Å². The third-order valence-corrected chi connectivity index (χ3v) is 4.75. The number of esters is 1. The number of carbonyl (C=O) groups excluding carboxylic acids is 2. The van der Waals surface area contributed by atoms with E-state index in [9.17, 15) is 9.59 Å². The first kappa shape index (κ1) is 21.2. The van der Waals surface area contributed by atoms with E-state index in [-0.39, 0.29) is 24.8 Å². The molecule has 0 atom stereocenters. The molecule has 1 aliphatic heterocycles. The maximum Gasteiger partial charge on any atom is 0.344 e. The number of ketones is 1. The number of carbonyl (C=O) groups is 2. The summed E-state index contributed by atoms with van der Waals surface area (Å²) >= 11 is 0. The molecular formula is C26H22O6. The van der Waals surface area contributed by atoms with Crippen LogP contribution in [-0.2, 0) is 16.1 Å². The van der Waals surface area contributed by atoms with Gasteiger partial charge in [0, 0.05) is 11.6 Å². The lowest BCUT2D eigenvalue weighted by Crippen LogP contribution is -2.14. The van der Waals surface area contributed by atoms with Gasteiger partial charge in [-0.15, -0.1) is 0 Å². The van der Waals surface area contributed by atoms with E-state index < -0.39 is 5.97 Å². The smallest absolute Gasteiger partial charge is 0.344 e. The minimum absolute atomic E-state index is 0.183. The fourth-order valence-electron chi connectivity index (χ4n) is 3.21. The van der Waals surface area contributed by atoms with Gasteiger partial charge in [0.25, 0.3) is 0 Å². The van der Waals surface area contributed by atoms with Crippen molar-refractivity contribution in [3.8, 4) is 17.2 Å². The second kappa shape index (κ2) is 9.83. The molecule has 0 unspecified atom stereocenters. The molecule has 0 radical (unpaired) electrons. The highest BCUT2D eigenvalue weighted by atomic mass is 16.6. The van der Waals surface area contributed by atoms with E-state index in [1.54, 1.807) is 24.3 Å². The fourth-order valence-corrected chi connectivity index (χ4v) is 3.21. The maximum atomic E-state index is 12.7. The van der Waals surface area contributed by atoms with Crippen LogP contribution < -0.4 is 14.2 Å². The molecule has 4 rings (SSSR count). The number of fused-ring (bicyclic) bond motifs is 1. The summed E-state index contributed by atoms with van der Waals surface area (Å²) in [7, 11) is 0. The van der Waals surface area contributed by atoms with Gasteiger partial charge in [0.2, 0.25) is 5.78 Å². The molecule has 0 saturated heterocycles. The predicted octanol–water partition coefficient (Wildman–Crippen LogP) is 4.82. The summed E-state index contributed by atoms with van der Waals surface area (Å²) in [5, 5.41) is 0. The lowest BCUT2D eigenvalue weighted by Gasteiger charge is -2.08. The molecule has 0 bridgehead atoms. The molecular weight excluding hydrogens is 408 g/mol. The van der Waals surface area contributed by atoms with Crippen LogP contribution in [-0.4, -0.2) is 25.0 Å². The minimum Gasteiger partial charge on any atom is -0.493 e. The Bertz CT molecular complexity index is 1150. The van der Waals surface area contributed by atoms with Gasteiger partial charge < -0.3 is 18.9 Å². The summed E-state index contributed by atoms with van der Waals surface area (Å²) in [4.78, 5) is 24.7. The summed E-state index contributed by atoms with van der Waals surface area (Å²) in [6, 6.07) is 21.7. The number of benzene rings is 3. The Morgan fingerprint density at radius 2 is 1.75 bits per heavy atom. The Morgan fingerprint density at radius 1 is 0.969 bits per heavy atom. The summed E-state index contributed by atoms with van der Waals surface area (Å²) in [6.07, 6.45) is 1.66. The van der Waals surface area contributed by atoms with Crippen molar-refractivity contribution in [3.05, 3.63) is 95.2 Å². The number of allylic oxidation sites excluding steroid dienone is 1. The van der Waals surface area contributed by atoms with E-state index in [0.29, 0.717) is 29.4 Å². The monoisotopic (exact) mass is 430 g/mol. The topological polar surface area (TPSA) is 71.1 Å². The lowest BCUT2D eigenvalue weighted by molar-refractivity contribution is -0.147. The zero-order valence-electron chi connectivity index (χ0n) is 17.6. The normalized spacial score (nSPS) is 13.4. The second-order valence-corrected chi connectivity index (χ2v) is 7.00. The van der Waals surface area contributed by atoms with Gasteiger partial charge in [-0.2, -0.15) is 0 Å². The molecule has 32 heavy (non-hydrogen) atoms. The lowest BCUT2D eigenvalue weighted by atomic mass is 10.1. The van der Waals surface area contributed by atoms with Crippen molar-refractivity contribution in [1.29, 1.82) is 0 Å². The zero-order chi connectivity index (χ0) is 22.3. The number of Topliss-reactive ketones (excluding diaryl/α,β-unsaturated/α-hetero) is 1. The SMILES string of the molecule is CCOc1ccccc1C=C1Oc2cc(OCC(=O)OCc3ccccc3)ccc2C1=O. The molecule has 0 spiro atoms. The number of hydrogen-bond donors (Lipinski definition) is 0.